The molecule has 0 amide bonds. The molecule has 0 saturated carbocycles. The van der Waals surface area contributed by atoms with Crippen molar-refractivity contribution in [2.45, 2.75) is 56.0 Å². The van der Waals surface area contributed by atoms with Gasteiger partial charge in [0.1, 0.15) is 0 Å². The number of aromatic nitrogens is 2. The van der Waals surface area contributed by atoms with Crippen LogP contribution in [-0.2, 0) is 18.7 Å². The fourth-order valence-electron chi connectivity index (χ4n) is 5.78. The molecule has 5 rings (SSSR count). The number of benzene rings is 3. The summed E-state index contributed by atoms with van der Waals surface area (Å²) in [4.78, 5) is 39.2. The Morgan fingerprint density at radius 1 is 0.907 bits per heavy atom. The van der Waals surface area contributed by atoms with E-state index in [1.165, 1.54) is 23.8 Å². The van der Waals surface area contributed by atoms with Crippen molar-refractivity contribution in [1.29, 1.82) is 0 Å². The van der Waals surface area contributed by atoms with Gasteiger partial charge in [0.15, 0.2) is 0 Å². The molecule has 1 saturated heterocycles. The third-order valence-electron chi connectivity index (χ3n) is 7.61. The molecule has 1 aromatic heterocycles. The number of carbonyl (C=O) groups is 1. The number of nitrogens with zero attached hydrogens (tertiary/aromatic N) is 1. The predicted octanol–water partition coefficient (Wildman–Crippen LogP) is 2.76. The van der Waals surface area contributed by atoms with E-state index < -0.39 is 44.0 Å². The van der Waals surface area contributed by atoms with Gasteiger partial charge in [-0.05, 0) is 0 Å². The minimum absolute atomic E-state index is 0.207. The molecule has 0 spiro atoms. The van der Waals surface area contributed by atoms with E-state index in [-0.39, 0.29) is 31.4 Å². The molecule has 4 aromatic rings. The van der Waals surface area contributed by atoms with Crippen molar-refractivity contribution < 1.29 is 18.7 Å². The van der Waals surface area contributed by atoms with E-state index in [4.69, 9.17) is 13.9 Å². The molecule has 1 aliphatic rings. The quantitative estimate of drug-likeness (QED) is 0.219. The van der Waals surface area contributed by atoms with Crippen LogP contribution in [-0.4, -0.2) is 57.6 Å². The van der Waals surface area contributed by atoms with Crippen molar-refractivity contribution in [3.63, 3.8) is 0 Å². The summed E-state index contributed by atoms with van der Waals surface area (Å²) in [6, 6.07) is 32.0. The van der Waals surface area contributed by atoms with Gasteiger partial charge in [0.2, 0.25) is 0 Å². The second-order valence-corrected chi connectivity index (χ2v) is 18.5. The van der Waals surface area contributed by atoms with Crippen LogP contribution in [0.25, 0.3) is 0 Å². The molecular weight excluding hydrogens is 627 g/mol. The molecule has 8 nitrogen and oxygen atoms in total. The first-order valence-electron chi connectivity index (χ1n) is 14.2. The molecule has 1 aliphatic heterocycles. The molecule has 10 heteroatoms. The monoisotopic (exact) mass is 664 g/mol. The summed E-state index contributed by atoms with van der Waals surface area (Å²) in [7, 11) is -2.91. The van der Waals surface area contributed by atoms with Crippen LogP contribution in [0.5, 0.6) is 0 Å². The average molecular weight is 664 g/mol. The topological polar surface area (TPSA) is 99.6 Å². The molecule has 4 atom stereocenters. The van der Waals surface area contributed by atoms with E-state index in [0.717, 1.165) is 14.8 Å². The van der Waals surface area contributed by atoms with Gasteiger partial charge in [-0.15, -0.1) is 0 Å². The second kappa shape index (κ2) is 13.0. The zero-order valence-corrected chi connectivity index (χ0v) is 27.3. The molecule has 224 valence electrons. The SMILES string of the molecule is CC(=O)O[C@H]1[C@H]([Se]c2ccccc2)[C@@H](CO[Si](c2ccccc2)(c2ccccc2)C(C)(C)C)O[C@H]1n1ccc(=O)[nH]c1=O. The Kier molecular flexibility index (Phi) is 9.34. The van der Waals surface area contributed by atoms with Gasteiger partial charge in [0.05, 0.1) is 0 Å². The van der Waals surface area contributed by atoms with Gasteiger partial charge in [-0.25, -0.2) is 0 Å². The van der Waals surface area contributed by atoms with Crippen LogP contribution in [0.1, 0.15) is 33.9 Å². The van der Waals surface area contributed by atoms with Crippen LogP contribution < -0.4 is 26.1 Å². The summed E-state index contributed by atoms with van der Waals surface area (Å²) in [5.74, 6) is -0.474. The molecule has 1 N–H and O–H groups in total. The summed E-state index contributed by atoms with van der Waals surface area (Å²) >= 11 is -0.207. The van der Waals surface area contributed by atoms with Gasteiger partial charge >= 0.3 is 259 Å². The van der Waals surface area contributed by atoms with Gasteiger partial charge in [-0.3, -0.25) is 0 Å². The Labute approximate surface area is 258 Å². The zero-order valence-electron chi connectivity index (χ0n) is 24.6. The van der Waals surface area contributed by atoms with E-state index in [9.17, 15) is 14.4 Å². The number of aromatic amines is 1. The molecule has 0 radical (unpaired) electrons. The van der Waals surface area contributed by atoms with Crippen LogP contribution in [0, 0.1) is 0 Å². The maximum absolute atomic E-state index is 12.9. The van der Waals surface area contributed by atoms with E-state index in [2.05, 4.69) is 50.0 Å². The summed E-state index contributed by atoms with van der Waals surface area (Å²) in [6.07, 6.45) is -0.819. The fraction of sp³-hybridized carbons (Fsp3) is 0.303. The summed E-state index contributed by atoms with van der Waals surface area (Å²) < 4.78 is 22.2. The van der Waals surface area contributed by atoms with Crippen LogP contribution in [0.3, 0.4) is 0 Å². The van der Waals surface area contributed by atoms with Gasteiger partial charge in [-0.1, -0.05) is 0 Å². The van der Waals surface area contributed by atoms with Gasteiger partial charge in [0.25, 0.3) is 0 Å². The molecule has 0 aliphatic carbocycles. The van der Waals surface area contributed by atoms with Gasteiger partial charge in [0, 0.05) is 0 Å². The first-order valence-corrected chi connectivity index (χ1v) is 18.0. The first-order chi connectivity index (χ1) is 20.6. The number of hydrogen-bond donors (Lipinski definition) is 1. The Hall–Kier alpha value is -3.53. The van der Waals surface area contributed by atoms with Crippen LogP contribution >= 0.6 is 0 Å². The van der Waals surface area contributed by atoms with Gasteiger partial charge < -0.3 is 0 Å². The third kappa shape index (κ3) is 6.54. The van der Waals surface area contributed by atoms with Crippen LogP contribution in [0.2, 0.25) is 9.85 Å². The Morgan fingerprint density at radius 2 is 1.47 bits per heavy atom. The van der Waals surface area contributed by atoms with Crippen molar-refractivity contribution in [1.82, 2.24) is 9.55 Å². The number of hydrogen-bond acceptors (Lipinski definition) is 6. The maximum atomic E-state index is 12.9. The predicted molar refractivity (Wildman–Crippen MR) is 170 cm³/mol. The molecule has 0 bridgehead atoms. The zero-order chi connectivity index (χ0) is 30.6. The third-order valence-corrected chi connectivity index (χ3v) is 15.5. The second-order valence-electron chi connectivity index (χ2n) is 11.5. The van der Waals surface area contributed by atoms with Crippen molar-refractivity contribution >= 4 is 44.1 Å². The number of carbonyl (C=O) groups excluding carboxylic acids is 1. The average Bonchev–Trinajstić information content (AvgIpc) is 3.30. The van der Waals surface area contributed by atoms with Gasteiger partial charge in [-0.2, -0.15) is 0 Å². The molecule has 43 heavy (non-hydrogen) atoms. The van der Waals surface area contributed by atoms with Crippen molar-refractivity contribution in [2.75, 3.05) is 6.61 Å². The van der Waals surface area contributed by atoms with E-state index in [1.807, 2.05) is 66.7 Å². The molecule has 2 heterocycles. The molecular formula is C33H36N2O6SeSi. The first kappa shape index (κ1) is 30.9. The number of rotatable bonds is 9. The van der Waals surface area contributed by atoms with Crippen molar-refractivity contribution in [2.24, 2.45) is 0 Å². The molecule has 1 fully saturated rings. The van der Waals surface area contributed by atoms with E-state index in [1.54, 1.807) is 0 Å². The Morgan fingerprint density at radius 3 is 1.98 bits per heavy atom. The Balaban J connectivity index is 1.59. The minimum atomic E-state index is -2.91. The van der Waals surface area contributed by atoms with Crippen LogP contribution in [0.15, 0.2) is 113 Å². The summed E-state index contributed by atoms with van der Waals surface area (Å²) in [6.45, 7) is 8.21. The van der Waals surface area contributed by atoms with E-state index in [0.29, 0.717) is 0 Å². The normalized spacial score (nSPS) is 20.6. The molecule has 0 unspecified atom stereocenters. The standard InChI is InChI=1S/C33H36N2O6SeSi/c1-23(36)40-29-30(42-24-14-8-5-9-15-24)27(41-31(29)35-21-20-28(37)34-32(35)38)22-39-43(33(2,3)4,25-16-10-6-11-17-25)26-18-12-7-13-19-26/h5-21,27,29-31H,22H2,1-4H3,(H,34,37,38)/t27-,29+,30-,31-/m1/s1. The van der Waals surface area contributed by atoms with Crippen LogP contribution in [0.4, 0.5) is 0 Å². The van der Waals surface area contributed by atoms with Crippen molar-refractivity contribution in [3.05, 3.63) is 124 Å². The summed E-state index contributed by atoms with van der Waals surface area (Å²) in [5, 5.41) is 2.03. The fourth-order valence-corrected chi connectivity index (χ4v) is 13.0. The van der Waals surface area contributed by atoms with Crippen molar-refractivity contribution in [3.8, 4) is 0 Å². The summed E-state index contributed by atoms with van der Waals surface area (Å²) in [5.41, 5.74) is -1.14. The number of H-pyrrole nitrogens is 1. The number of esters is 1. The van der Waals surface area contributed by atoms with E-state index >= 15 is 0 Å². The number of nitrogens with one attached hydrogen (secondary N) is 1. The number of ether oxygens (including phenoxy) is 2. The molecule has 3 aromatic carbocycles. The Bertz CT molecular complexity index is 1600.